The summed E-state index contributed by atoms with van der Waals surface area (Å²) in [7, 11) is -0.212. The number of sulfonamides is 1. The van der Waals surface area contributed by atoms with E-state index in [0.717, 1.165) is 5.56 Å². The summed E-state index contributed by atoms with van der Waals surface area (Å²) >= 11 is 0. The first-order valence-corrected chi connectivity index (χ1v) is 8.72. The van der Waals surface area contributed by atoms with Crippen LogP contribution in [0.3, 0.4) is 0 Å². The molecule has 0 saturated carbocycles. The van der Waals surface area contributed by atoms with Crippen molar-refractivity contribution in [3.05, 3.63) is 29.8 Å². The Kier molecular flexibility index (Phi) is 7.07. The largest absolute Gasteiger partial charge is 0.352 e. The molecule has 0 aromatic heterocycles. The van der Waals surface area contributed by atoms with Gasteiger partial charge in [-0.05, 0) is 31.5 Å². The fourth-order valence-corrected chi connectivity index (χ4v) is 3.13. The second-order valence-electron chi connectivity index (χ2n) is 5.24. The van der Waals surface area contributed by atoms with E-state index in [2.05, 4.69) is 21.5 Å². The minimum atomic E-state index is -3.45. The van der Waals surface area contributed by atoms with Gasteiger partial charge in [0.25, 0.3) is 0 Å². The van der Waals surface area contributed by atoms with Crippen LogP contribution in [-0.2, 0) is 16.6 Å². The molecule has 0 unspecified atom stereocenters. The lowest BCUT2D eigenvalue weighted by Crippen LogP contribution is -2.36. The molecule has 0 fully saturated rings. The van der Waals surface area contributed by atoms with Crippen LogP contribution in [0.1, 0.15) is 19.4 Å². The Labute approximate surface area is 139 Å². The van der Waals surface area contributed by atoms with E-state index in [1.165, 1.54) is 4.31 Å². The summed E-state index contributed by atoms with van der Waals surface area (Å²) in [5.41, 5.74) is 0.944. The first-order chi connectivity index (χ1) is 10.8. The minimum absolute atomic E-state index is 0.0908. The standard InChI is InChI=1S/C16H24N4O2S/c1-6-11-18-16(17-4)19-12-14-7-9-15(10-8-14)23(21,22)20(5)13(2)3/h1,7-10,13H,11-12H2,2-5H3,(H2,17,18,19). The smallest absolute Gasteiger partial charge is 0.243 e. The van der Waals surface area contributed by atoms with E-state index < -0.39 is 10.0 Å². The Balaban J connectivity index is 2.76. The normalized spacial score (nSPS) is 12.3. The SMILES string of the molecule is C#CCNC(=NC)NCc1ccc(S(=O)(=O)N(C)C(C)C)cc1. The summed E-state index contributed by atoms with van der Waals surface area (Å²) in [6.45, 7) is 4.58. The first kappa shape index (κ1) is 19.0. The molecule has 0 atom stereocenters. The molecular weight excluding hydrogens is 312 g/mol. The van der Waals surface area contributed by atoms with Gasteiger partial charge in [-0.2, -0.15) is 4.31 Å². The monoisotopic (exact) mass is 336 g/mol. The van der Waals surface area contributed by atoms with E-state index in [1.54, 1.807) is 38.4 Å². The fourth-order valence-electron chi connectivity index (χ4n) is 1.76. The molecular formula is C16H24N4O2S. The van der Waals surface area contributed by atoms with Crippen LogP contribution in [0.4, 0.5) is 0 Å². The lowest BCUT2D eigenvalue weighted by molar-refractivity contribution is 0.410. The fraction of sp³-hybridized carbons (Fsp3) is 0.438. The molecule has 2 N–H and O–H groups in total. The van der Waals surface area contributed by atoms with Crippen LogP contribution in [0, 0.1) is 12.3 Å². The van der Waals surface area contributed by atoms with Gasteiger partial charge >= 0.3 is 0 Å². The van der Waals surface area contributed by atoms with Crippen LogP contribution >= 0.6 is 0 Å². The van der Waals surface area contributed by atoms with Crippen molar-refractivity contribution >= 4 is 16.0 Å². The molecule has 0 saturated heterocycles. The van der Waals surface area contributed by atoms with Crippen molar-refractivity contribution in [2.45, 2.75) is 31.3 Å². The number of aliphatic imine (C=N–C) groups is 1. The second kappa shape index (κ2) is 8.56. The third-order valence-corrected chi connectivity index (χ3v) is 5.42. The van der Waals surface area contributed by atoms with Crippen molar-refractivity contribution in [3.8, 4) is 12.3 Å². The van der Waals surface area contributed by atoms with Crippen LogP contribution in [0.2, 0.25) is 0 Å². The molecule has 23 heavy (non-hydrogen) atoms. The Hall–Kier alpha value is -2.04. The zero-order valence-corrected chi connectivity index (χ0v) is 14.8. The zero-order valence-electron chi connectivity index (χ0n) is 14.0. The van der Waals surface area contributed by atoms with E-state index in [9.17, 15) is 8.42 Å². The zero-order chi connectivity index (χ0) is 17.5. The van der Waals surface area contributed by atoms with E-state index in [0.29, 0.717) is 19.0 Å². The number of benzene rings is 1. The van der Waals surface area contributed by atoms with Crippen LogP contribution in [0.5, 0.6) is 0 Å². The third-order valence-electron chi connectivity index (χ3n) is 3.37. The number of guanidine groups is 1. The Morgan fingerprint density at radius 3 is 2.39 bits per heavy atom. The Bertz CT molecular complexity index is 673. The highest BCUT2D eigenvalue weighted by molar-refractivity contribution is 7.89. The van der Waals surface area contributed by atoms with Gasteiger partial charge in [0.05, 0.1) is 11.4 Å². The summed E-state index contributed by atoms with van der Waals surface area (Å²) in [4.78, 5) is 4.32. The highest BCUT2D eigenvalue weighted by atomic mass is 32.2. The maximum absolute atomic E-state index is 12.4. The van der Waals surface area contributed by atoms with Gasteiger partial charge in [0.1, 0.15) is 0 Å². The lowest BCUT2D eigenvalue weighted by atomic mass is 10.2. The van der Waals surface area contributed by atoms with Gasteiger partial charge in [0.15, 0.2) is 5.96 Å². The molecule has 0 radical (unpaired) electrons. The van der Waals surface area contributed by atoms with Crippen LogP contribution in [0.25, 0.3) is 0 Å². The summed E-state index contributed by atoms with van der Waals surface area (Å²) in [5, 5.41) is 6.06. The summed E-state index contributed by atoms with van der Waals surface area (Å²) in [6, 6.07) is 6.70. The molecule has 0 aliphatic carbocycles. The van der Waals surface area contributed by atoms with Gasteiger partial charge < -0.3 is 10.6 Å². The second-order valence-corrected chi connectivity index (χ2v) is 7.24. The highest BCUT2D eigenvalue weighted by Gasteiger charge is 2.22. The van der Waals surface area contributed by atoms with Crippen LogP contribution in [0.15, 0.2) is 34.2 Å². The van der Waals surface area contributed by atoms with Crippen molar-refractivity contribution < 1.29 is 8.42 Å². The van der Waals surface area contributed by atoms with Crippen LogP contribution < -0.4 is 10.6 Å². The summed E-state index contributed by atoms with van der Waals surface area (Å²) < 4.78 is 26.1. The van der Waals surface area contributed by atoms with Gasteiger partial charge in [-0.25, -0.2) is 8.42 Å². The molecule has 0 bridgehead atoms. The molecule has 6 nitrogen and oxygen atoms in total. The van der Waals surface area contributed by atoms with Crippen molar-refractivity contribution in [2.24, 2.45) is 4.99 Å². The molecule has 1 aromatic rings. The average molecular weight is 336 g/mol. The average Bonchev–Trinajstić information content (AvgIpc) is 2.54. The lowest BCUT2D eigenvalue weighted by Gasteiger charge is -2.21. The van der Waals surface area contributed by atoms with Gasteiger partial charge in [0.2, 0.25) is 10.0 Å². The molecule has 126 valence electrons. The molecule has 0 heterocycles. The Morgan fingerprint density at radius 2 is 1.91 bits per heavy atom. The molecule has 0 aliphatic heterocycles. The molecule has 0 amide bonds. The predicted octanol–water partition coefficient (Wildman–Crippen LogP) is 1.01. The predicted molar refractivity (Wildman–Crippen MR) is 93.6 cm³/mol. The topological polar surface area (TPSA) is 73.8 Å². The quantitative estimate of drug-likeness (QED) is 0.462. The van der Waals surface area contributed by atoms with Gasteiger partial charge in [0, 0.05) is 26.7 Å². The number of nitrogens with one attached hydrogen (secondary N) is 2. The van der Waals surface area contributed by atoms with Crippen molar-refractivity contribution in [1.82, 2.24) is 14.9 Å². The maximum atomic E-state index is 12.4. The van der Waals surface area contributed by atoms with E-state index in [4.69, 9.17) is 6.42 Å². The number of rotatable bonds is 6. The minimum Gasteiger partial charge on any atom is -0.352 e. The maximum Gasteiger partial charge on any atom is 0.243 e. The third kappa shape index (κ3) is 5.27. The Morgan fingerprint density at radius 1 is 1.30 bits per heavy atom. The molecule has 0 spiro atoms. The summed E-state index contributed by atoms with van der Waals surface area (Å²) in [6.07, 6.45) is 5.19. The highest BCUT2D eigenvalue weighted by Crippen LogP contribution is 2.17. The van der Waals surface area contributed by atoms with E-state index in [1.807, 2.05) is 13.8 Å². The van der Waals surface area contributed by atoms with E-state index >= 15 is 0 Å². The van der Waals surface area contributed by atoms with Crippen LogP contribution in [-0.4, -0.2) is 45.4 Å². The number of hydrogen-bond donors (Lipinski definition) is 2. The molecule has 1 rings (SSSR count). The van der Waals surface area contributed by atoms with Crippen molar-refractivity contribution in [3.63, 3.8) is 0 Å². The molecule has 7 heteroatoms. The van der Waals surface area contributed by atoms with Crippen molar-refractivity contribution in [1.29, 1.82) is 0 Å². The molecule has 1 aromatic carbocycles. The number of terminal acetylenes is 1. The van der Waals surface area contributed by atoms with Crippen molar-refractivity contribution in [2.75, 3.05) is 20.6 Å². The first-order valence-electron chi connectivity index (χ1n) is 7.28. The van der Waals surface area contributed by atoms with Gasteiger partial charge in [-0.3, -0.25) is 4.99 Å². The molecule has 0 aliphatic rings. The summed E-state index contributed by atoms with van der Waals surface area (Å²) in [5.74, 6) is 3.07. The number of hydrogen-bond acceptors (Lipinski definition) is 3. The van der Waals surface area contributed by atoms with Gasteiger partial charge in [-0.15, -0.1) is 6.42 Å². The van der Waals surface area contributed by atoms with E-state index in [-0.39, 0.29) is 10.9 Å². The van der Waals surface area contributed by atoms with Gasteiger partial charge in [-0.1, -0.05) is 18.1 Å². The number of nitrogens with zero attached hydrogens (tertiary/aromatic N) is 2.